The molecule has 0 saturated heterocycles. The molecule has 0 saturated carbocycles. The van der Waals surface area contributed by atoms with Crippen molar-refractivity contribution in [1.29, 1.82) is 0 Å². The molecule has 3 N–H and O–H groups in total. The van der Waals surface area contributed by atoms with E-state index < -0.39 is 58.4 Å². The van der Waals surface area contributed by atoms with Crippen molar-refractivity contribution in [3.63, 3.8) is 0 Å². The summed E-state index contributed by atoms with van der Waals surface area (Å²) in [7, 11) is -4.62. The van der Waals surface area contributed by atoms with Crippen LogP contribution in [0.25, 0.3) is 0 Å². The highest BCUT2D eigenvalue weighted by atomic mass is 31.2. The maximum absolute atomic E-state index is 12.3. The fourth-order valence-corrected chi connectivity index (χ4v) is 5.84. The average molecular weight is 693 g/mol. The van der Waals surface area contributed by atoms with E-state index in [2.05, 4.69) is 26.0 Å². The number of phosphoric ester groups is 1. The van der Waals surface area contributed by atoms with Crippen molar-refractivity contribution < 1.29 is 47.8 Å². The number of phosphoric acid groups is 1. The van der Waals surface area contributed by atoms with Crippen molar-refractivity contribution in [3.8, 4) is 0 Å². The minimum atomic E-state index is -4.62. The summed E-state index contributed by atoms with van der Waals surface area (Å²) in [5.74, 6) is -1.03. The molecule has 0 aliphatic heterocycles. The lowest BCUT2D eigenvalue weighted by atomic mass is 10.0. The van der Waals surface area contributed by atoms with Gasteiger partial charge in [0.1, 0.15) is 12.2 Å². The van der Waals surface area contributed by atoms with Crippen LogP contribution in [0.1, 0.15) is 168 Å². The molecule has 0 aliphatic rings. The summed E-state index contributed by atoms with van der Waals surface area (Å²) >= 11 is 0. The zero-order valence-electron chi connectivity index (χ0n) is 29.8. The summed E-state index contributed by atoms with van der Waals surface area (Å²) in [6.45, 7) is 2.12. The molecule has 3 atom stereocenters. The molecule has 0 amide bonds. The zero-order valence-corrected chi connectivity index (χ0v) is 30.6. The Morgan fingerprint density at radius 1 is 0.553 bits per heavy atom. The van der Waals surface area contributed by atoms with Crippen molar-refractivity contribution in [2.75, 3.05) is 26.4 Å². The molecule has 47 heavy (non-hydrogen) atoms. The number of ether oxygens (including phenoxy) is 2. The third-order valence-electron chi connectivity index (χ3n) is 7.96. The number of aliphatic hydroxyl groups excluding tert-OH is 2. The molecule has 0 heterocycles. The number of carbonyl (C=O) groups is 2. The van der Waals surface area contributed by atoms with Crippen LogP contribution in [0, 0.1) is 0 Å². The van der Waals surface area contributed by atoms with E-state index in [0.29, 0.717) is 12.8 Å². The molecule has 0 fully saturated rings. The summed E-state index contributed by atoms with van der Waals surface area (Å²) in [5, 5.41) is 19.0. The normalized spacial score (nSPS) is 14.2. The Balaban J connectivity index is 3.98. The van der Waals surface area contributed by atoms with Gasteiger partial charge in [0.2, 0.25) is 0 Å². The van der Waals surface area contributed by atoms with Gasteiger partial charge in [-0.1, -0.05) is 135 Å². The lowest BCUT2D eigenvalue weighted by Gasteiger charge is -2.20. The molecule has 10 nitrogen and oxygen atoms in total. The number of hydrogen-bond acceptors (Lipinski definition) is 9. The highest BCUT2D eigenvalue weighted by Gasteiger charge is 2.27. The van der Waals surface area contributed by atoms with E-state index in [1.165, 1.54) is 64.2 Å². The molecule has 0 bridgehead atoms. The van der Waals surface area contributed by atoms with Crippen LogP contribution in [0.5, 0.6) is 0 Å². The van der Waals surface area contributed by atoms with Crippen molar-refractivity contribution in [2.24, 2.45) is 0 Å². The molecule has 278 valence electrons. The minimum Gasteiger partial charge on any atom is -0.457 e. The Hall–Kier alpha value is -1.29. The molecule has 0 rings (SSSR count). The summed E-state index contributed by atoms with van der Waals surface area (Å²) < 4.78 is 32.4. The summed E-state index contributed by atoms with van der Waals surface area (Å²) in [6, 6.07) is 0. The predicted octanol–water partition coefficient (Wildman–Crippen LogP) is 8.89. The van der Waals surface area contributed by atoms with Gasteiger partial charge in [0.25, 0.3) is 0 Å². The minimum absolute atomic E-state index is 0.184. The number of allylic oxidation sites excluding steroid dienone is 2. The van der Waals surface area contributed by atoms with Gasteiger partial charge in [0, 0.05) is 12.8 Å². The number of rotatable bonds is 35. The number of carbonyl (C=O) groups excluding carboxylic acids is 2. The van der Waals surface area contributed by atoms with E-state index in [4.69, 9.17) is 18.5 Å². The molecular weight excluding hydrogens is 623 g/mol. The monoisotopic (exact) mass is 692 g/mol. The van der Waals surface area contributed by atoms with Gasteiger partial charge in [-0.2, -0.15) is 0 Å². The smallest absolute Gasteiger partial charge is 0.457 e. The van der Waals surface area contributed by atoms with Gasteiger partial charge in [-0.3, -0.25) is 18.6 Å². The lowest BCUT2D eigenvalue weighted by Crippen LogP contribution is -2.28. The molecule has 0 spiro atoms. The summed E-state index contributed by atoms with van der Waals surface area (Å²) in [5.41, 5.74) is 0. The average Bonchev–Trinajstić information content (AvgIpc) is 3.05. The van der Waals surface area contributed by atoms with Gasteiger partial charge in [0.05, 0.1) is 26.4 Å². The van der Waals surface area contributed by atoms with Gasteiger partial charge in [-0.25, -0.2) is 4.57 Å². The standard InChI is InChI=1S/C36H69O10P/c1-3-5-7-9-11-13-15-16-17-18-20-22-24-26-28-36(40)46-34(30-38)32-44-47(41,42)43-31-33(29-37)45-35(39)27-25-23-21-19-14-12-10-8-6-4-2/h8,10,33-34,37-38H,3-7,9,11-32H2,1-2H3,(H,41,42)/b10-8-. The summed E-state index contributed by atoms with van der Waals surface area (Å²) in [6.07, 6.45) is 27.7. The first-order valence-corrected chi connectivity index (χ1v) is 20.1. The van der Waals surface area contributed by atoms with Gasteiger partial charge in [-0.15, -0.1) is 0 Å². The Kier molecular flexibility index (Phi) is 32.3. The van der Waals surface area contributed by atoms with E-state index in [0.717, 1.165) is 64.2 Å². The molecule has 0 aliphatic carbocycles. The molecular formula is C36H69O10P. The van der Waals surface area contributed by atoms with Crippen LogP contribution in [-0.2, 0) is 32.7 Å². The fourth-order valence-electron chi connectivity index (χ4n) is 5.06. The van der Waals surface area contributed by atoms with Crippen molar-refractivity contribution in [1.82, 2.24) is 0 Å². The highest BCUT2D eigenvalue weighted by Crippen LogP contribution is 2.43. The van der Waals surface area contributed by atoms with Crippen molar-refractivity contribution in [3.05, 3.63) is 12.2 Å². The van der Waals surface area contributed by atoms with Gasteiger partial charge >= 0.3 is 19.8 Å². The van der Waals surface area contributed by atoms with Gasteiger partial charge in [-0.05, 0) is 32.1 Å². The van der Waals surface area contributed by atoms with Crippen LogP contribution in [0.4, 0.5) is 0 Å². The largest absolute Gasteiger partial charge is 0.472 e. The SMILES string of the molecule is CCC/C=C\CCCCCCCC(=O)OC(CO)COP(=O)(O)OCC(CO)OC(=O)CCCCCCCCCCCCCCCC. The topological polar surface area (TPSA) is 149 Å². The second kappa shape index (κ2) is 33.2. The first-order valence-electron chi connectivity index (χ1n) is 18.6. The number of unbranched alkanes of at least 4 members (excludes halogenated alkanes) is 19. The first-order chi connectivity index (χ1) is 22.8. The van der Waals surface area contributed by atoms with Crippen LogP contribution < -0.4 is 0 Å². The Morgan fingerprint density at radius 2 is 0.915 bits per heavy atom. The maximum atomic E-state index is 12.3. The van der Waals surface area contributed by atoms with E-state index >= 15 is 0 Å². The highest BCUT2D eigenvalue weighted by molar-refractivity contribution is 7.47. The molecule has 11 heteroatoms. The zero-order chi connectivity index (χ0) is 34.9. The fraction of sp³-hybridized carbons (Fsp3) is 0.889. The number of hydrogen-bond donors (Lipinski definition) is 3. The molecule has 0 aromatic rings. The Labute approximate surface area is 286 Å². The lowest BCUT2D eigenvalue weighted by molar-refractivity contribution is -0.153. The van der Waals surface area contributed by atoms with Crippen LogP contribution in [0.2, 0.25) is 0 Å². The first kappa shape index (κ1) is 45.7. The molecule has 0 radical (unpaired) electrons. The van der Waals surface area contributed by atoms with Gasteiger partial charge in [0.15, 0.2) is 0 Å². The predicted molar refractivity (Wildman–Crippen MR) is 187 cm³/mol. The van der Waals surface area contributed by atoms with E-state index in [9.17, 15) is 29.3 Å². The van der Waals surface area contributed by atoms with E-state index in [1.807, 2.05) is 0 Å². The van der Waals surface area contributed by atoms with E-state index in [1.54, 1.807) is 0 Å². The number of esters is 2. The van der Waals surface area contributed by atoms with Crippen LogP contribution in [0.15, 0.2) is 12.2 Å². The van der Waals surface area contributed by atoms with E-state index in [-0.39, 0.29) is 12.8 Å². The van der Waals surface area contributed by atoms with Crippen LogP contribution in [0.3, 0.4) is 0 Å². The third-order valence-corrected chi connectivity index (χ3v) is 8.91. The van der Waals surface area contributed by atoms with Gasteiger partial charge < -0.3 is 24.6 Å². The van der Waals surface area contributed by atoms with Crippen LogP contribution >= 0.6 is 7.82 Å². The Morgan fingerprint density at radius 3 is 1.30 bits per heavy atom. The maximum Gasteiger partial charge on any atom is 0.472 e. The van der Waals surface area contributed by atoms with Crippen molar-refractivity contribution >= 4 is 19.8 Å². The van der Waals surface area contributed by atoms with Crippen molar-refractivity contribution in [2.45, 2.75) is 180 Å². The quantitative estimate of drug-likeness (QED) is 0.0254. The van der Waals surface area contributed by atoms with Crippen LogP contribution in [-0.4, -0.2) is 65.7 Å². The summed E-state index contributed by atoms with van der Waals surface area (Å²) in [4.78, 5) is 34.3. The second-order valence-corrected chi connectivity index (χ2v) is 14.0. The molecule has 0 aromatic carbocycles. The number of aliphatic hydroxyl groups is 2. The molecule has 0 aromatic heterocycles. The second-order valence-electron chi connectivity index (χ2n) is 12.6. The molecule has 3 unspecified atom stereocenters. The third kappa shape index (κ3) is 31.7. The Bertz CT molecular complexity index is 807.